The average molecular weight is 430 g/mol. The lowest BCUT2D eigenvalue weighted by Crippen LogP contribution is -2.52. The summed E-state index contributed by atoms with van der Waals surface area (Å²) < 4.78 is 5.59. The SMILES string of the molecule is CCNC(=O)COc1cccc(CN=C(NCC)N2CCN(c3cccs3)CC2)c1. The maximum atomic E-state index is 11.6. The van der Waals surface area contributed by atoms with Gasteiger partial charge in [0.2, 0.25) is 0 Å². The molecule has 0 bridgehead atoms. The maximum Gasteiger partial charge on any atom is 0.257 e. The van der Waals surface area contributed by atoms with Crippen molar-refractivity contribution in [3.8, 4) is 5.75 Å². The smallest absolute Gasteiger partial charge is 0.257 e. The molecule has 2 heterocycles. The summed E-state index contributed by atoms with van der Waals surface area (Å²) in [6.45, 7) is 9.88. The van der Waals surface area contributed by atoms with Crippen LogP contribution in [0.2, 0.25) is 0 Å². The van der Waals surface area contributed by atoms with Gasteiger partial charge in [-0.3, -0.25) is 4.79 Å². The molecule has 1 aliphatic heterocycles. The molecular formula is C22H31N5O2S. The zero-order chi connectivity index (χ0) is 21.2. The van der Waals surface area contributed by atoms with Crippen molar-refractivity contribution in [1.29, 1.82) is 0 Å². The molecule has 30 heavy (non-hydrogen) atoms. The van der Waals surface area contributed by atoms with Gasteiger partial charge in [0.25, 0.3) is 5.91 Å². The highest BCUT2D eigenvalue weighted by Gasteiger charge is 2.20. The van der Waals surface area contributed by atoms with Gasteiger partial charge in [0, 0.05) is 39.3 Å². The molecule has 1 amide bonds. The number of thiophene rings is 1. The van der Waals surface area contributed by atoms with Crippen LogP contribution in [0.5, 0.6) is 5.75 Å². The van der Waals surface area contributed by atoms with Crippen LogP contribution in [0.3, 0.4) is 0 Å². The van der Waals surface area contributed by atoms with Crippen molar-refractivity contribution in [2.24, 2.45) is 4.99 Å². The van der Waals surface area contributed by atoms with E-state index >= 15 is 0 Å². The number of ether oxygens (including phenoxy) is 1. The summed E-state index contributed by atoms with van der Waals surface area (Å²) in [6, 6.07) is 12.1. The molecule has 0 saturated carbocycles. The lowest BCUT2D eigenvalue weighted by Gasteiger charge is -2.37. The molecule has 0 radical (unpaired) electrons. The van der Waals surface area contributed by atoms with Crippen LogP contribution < -0.4 is 20.3 Å². The predicted molar refractivity (Wildman–Crippen MR) is 124 cm³/mol. The molecule has 7 nitrogen and oxygen atoms in total. The number of amides is 1. The summed E-state index contributed by atoms with van der Waals surface area (Å²) in [4.78, 5) is 21.2. The van der Waals surface area contributed by atoms with Gasteiger partial charge in [-0.2, -0.15) is 0 Å². The second-order valence-electron chi connectivity index (χ2n) is 6.99. The number of nitrogens with one attached hydrogen (secondary N) is 2. The van der Waals surface area contributed by atoms with E-state index in [1.165, 1.54) is 5.00 Å². The fourth-order valence-electron chi connectivity index (χ4n) is 3.31. The number of hydrogen-bond donors (Lipinski definition) is 2. The van der Waals surface area contributed by atoms with E-state index < -0.39 is 0 Å². The van der Waals surface area contributed by atoms with Crippen molar-refractivity contribution in [2.45, 2.75) is 20.4 Å². The number of rotatable bonds is 8. The Kier molecular flexibility index (Phi) is 8.38. The van der Waals surface area contributed by atoms with E-state index in [-0.39, 0.29) is 12.5 Å². The number of carbonyl (C=O) groups excluding carboxylic acids is 1. The van der Waals surface area contributed by atoms with Crippen LogP contribution in [-0.2, 0) is 11.3 Å². The molecule has 0 spiro atoms. The van der Waals surface area contributed by atoms with E-state index in [1.54, 1.807) is 11.3 Å². The Bertz CT molecular complexity index is 817. The van der Waals surface area contributed by atoms with E-state index in [0.717, 1.165) is 44.2 Å². The van der Waals surface area contributed by atoms with Crippen LogP contribution >= 0.6 is 11.3 Å². The number of nitrogens with zero attached hydrogens (tertiary/aromatic N) is 3. The van der Waals surface area contributed by atoms with Gasteiger partial charge in [-0.25, -0.2) is 4.99 Å². The van der Waals surface area contributed by atoms with Gasteiger partial charge in [0.05, 0.1) is 11.5 Å². The number of piperazine rings is 1. The topological polar surface area (TPSA) is 69.2 Å². The summed E-state index contributed by atoms with van der Waals surface area (Å²) in [5, 5.41) is 9.61. The lowest BCUT2D eigenvalue weighted by atomic mass is 10.2. The molecule has 2 N–H and O–H groups in total. The molecule has 1 aromatic heterocycles. The average Bonchev–Trinajstić information content (AvgIpc) is 3.31. The number of hydrogen-bond acceptors (Lipinski definition) is 5. The second kappa shape index (κ2) is 11.4. The molecule has 162 valence electrons. The van der Waals surface area contributed by atoms with Crippen molar-refractivity contribution < 1.29 is 9.53 Å². The number of benzene rings is 1. The molecule has 3 rings (SSSR count). The maximum absolute atomic E-state index is 11.6. The zero-order valence-corrected chi connectivity index (χ0v) is 18.6. The Morgan fingerprint density at radius 1 is 1.10 bits per heavy atom. The van der Waals surface area contributed by atoms with Crippen molar-refractivity contribution in [3.05, 3.63) is 47.3 Å². The van der Waals surface area contributed by atoms with Gasteiger partial charge in [0.15, 0.2) is 12.6 Å². The van der Waals surface area contributed by atoms with Crippen LogP contribution in [0.25, 0.3) is 0 Å². The van der Waals surface area contributed by atoms with Crippen molar-refractivity contribution in [1.82, 2.24) is 15.5 Å². The zero-order valence-electron chi connectivity index (χ0n) is 17.8. The number of anilines is 1. The lowest BCUT2D eigenvalue weighted by molar-refractivity contribution is -0.122. The van der Waals surface area contributed by atoms with E-state index in [1.807, 2.05) is 31.2 Å². The number of likely N-dealkylation sites (N-methyl/N-ethyl adjacent to an activating group) is 1. The highest BCUT2D eigenvalue weighted by atomic mass is 32.1. The van der Waals surface area contributed by atoms with E-state index in [0.29, 0.717) is 18.8 Å². The minimum absolute atomic E-state index is 0.0255. The highest BCUT2D eigenvalue weighted by Crippen LogP contribution is 2.22. The Labute approximate surface area is 182 Å². The quantitative estimate of drug-likeness (QED) is 0.499. The minimum atomic E-state index is -0.114. The molecule has 2 aromatic rings. The standard InChI is InChI=1S/C22H31N5O2S/c1-3-23-20(28)17-29-19-8-5-7-18(15-19)16-25-22(24-4-2)27-12-10-26(11-13-27)21-9-6-14-30-21/h5-9,14-15H,3-4,10-13,16-17H2,1-2H3,(H,23,28)(H,24,25). The molecule has 0 atom stereocenters. The van der Waals surface area contributed by atoms with Crippen LogP contribution in [0.15, 0.2) is 46.8 Å². The van der Waals surface area contributed by atoms with Crippen LogP contribution in [-0.4, -0.2) is 62.6 Å². The van der Waals surface area contributed by atoms with Gasteiger partial charge in [-0.15, -0.1) is 11.3 Å². The summed E-state index contributed by atoms with van der Waals surface area (Å²) in [5.74, 6) is 1.51. The number of aliphatic imine (C=N–C) groups is 1. The van der Waals surface area contributed by atoms with Crippen LogP contribution in [0.1, 0.15) is 19.4 Å². The molecule has 0 aliphatic carbocycles. The van der Waals surface area contributed by atoms with Gasteiger partial charge < -0.3 is 25.2 Å². The fourth-order valence-corrected chi connectivity index (χ4v) is 4.10. The summed E-state index contributed by atoms with van der Waals surface area (Å²) >= 11 is 1.79. The fraction of sp³-hybridized carbons (Fsp3) is 0.455. The molecule has 1 saturated heterocycles. The van der Waals surface area contributed by atoms with E-state index in [4.69, 9.17) is 9.73 Å². The second-order valence-corrected chi connectivity index (χ2v) is 7.91. The predicted octanol–water partition coefficient (Wildman–Crippen LogP) is 2.55. The first-order chi connectivity index (χ1) is 14.7. The largest absolute Gasteiger partial charge is 0.484 e. The third-order valence-corrected chi connectivity index (χ3v) is 5.71. The van der Waals surface area contributed by atoms with E-state index in [9.17, 15) is 4.79 Å². The minimum Gasteiger partial charge on any atom is -0.484 e. The van der Waals surface area contributed by atoms with Crippen LogP contribution in [0, 0.1) is 0 Å². The molecule has 0 unspecified atom stereocenters. The molecule has 1 aliphatic rings. The first-order valence-corrected chi connectivity index (χ1v) is 11.4. The first kappa shape index (κ1) is 22.0. The van der Waals surface area contributed by atoms with Crippen molar-refractivity contribution in [2.75, 3.05) is 50.8 Å². The Morgan fingerprint density at radius 3 is 2.60 bits per heavy atom. The first-order valence-electron chi connectivity index (χ1n) is 10.5. The van der Waals surface area contributed by atoms with Gasteiger partial charge >= 0.3 is 0 Å². The Balaban J connectivity index is 1.57. The monoisotopic (exact) mass is 429 g/mol. The van der Waals surface area contributed by atoms with Crippen molar-refractivity contribution >= 4 is 28.2 Å². The third kappa shape index (κ3) is 6.38. The molecule has 8 heteroatoms. The Morgan fingerprint density at radius 2 is 1.90 bits per heavy atom. The van der Waals surface area contributed by atoms with Gasteiger partial charge in [-0.05, 0) is 49.1 Å². The number of guanidine groups is 1. The third-order valence-electron chi connectivity index (χ3n) is 4.79. The normalized spacial score (nSPS) is 14.5. The summed E-state index contributed by atoms with van der Waals surface area (Å²) in [5.41, 5.74) is 1.05. The van der Waals surface area contributed by atoms with Crippen LogP contribution in [0.4, 0.5) is 5.00 Å². The van der Waals surface area contributed by atoms with Gasteiger partial charge in [0.1, 0.15) is 5.75 Å². The van der Waals surface area contributed by atoms with E-state index in [2.05, 4.69) is 44.9 Å². The number of carbonyl (C=O) groups is 1. The van der Waals surface area contributed by atoms with Gasteiger partial charge in [-0.1, -0.05) is 12.1 Å². The Hall–Kier alpha value is -2.74. The summed E-state index contributed by atoms with van der Waals surface area (Å²) in [7, 11) is 0. The summed E-state index contributed by atoms with van der Waals surface area (Å²) in [6.07, 6.45) is 0. The molecule has 1 aromatic carbocycles. The highest BCUT2D eigenvalue weighted by molar-refractivity contribution is 7.14. The van der Waals surface area contributed by atoms with Crippen molar-refractivity contribution in [3.63, 3.8) is 0 Å². The molecular weight excluding hydrogens is 398 g/mol. The molecule has 1 fully saturated rings.